The van der Waals surface area contributed by atoms with Gasteiger partial charge in [-0.15, -0.1) is 0 Å². The van der Waals surface area contributed by atoms with Gasteiger partial charge in [0.2, 0.25) is 5.91 Å². The smallest absolute Gasteiger partial charge is 0.220 e. The Labute approximate surface area is 108 Å². The quantitative estimate of drug-likeness (QED) is 0.851. The minimum Gasteiger partial charge on any atom is -0.492 e. The third kappa shape index (κ3) is 3.23. The molecule has 0 saturated heterocycles. The number of para-hydroxylation sites is 1. The fraction of sp³-hybridized carbons (Fsp3) is 0.500. The fourth-order valence-corrected chi connectivity index (χ4v) is 2.12. The molecule has 1 amide bonds. The number of ether oxygens (including phenoxy) is 1. The van der Waals surface area contributed by atoms with Crippen LogP contribution in [0.2, 0.25) is 0 Å². The van der Waals surface area contributed by atoms with Crippen molar-refractivity contribution in [1.29, 1.82) is 0 Å². The van der Waals surface area contributed by atoms with Crippen molar-refractivity contribution in [3.63, 3.8) is 0 Å². The number of amides is 1. The molecule has 2 N–H and O–H groups in total. The normalized spacial score (nSPS) is 18.4. The minimum absolute atomic E-state index is 0.113. The molecule has 1 aliphatic rings. The lowest BCUT2D eigenvalue weighted by Crippen LogP contribution is -2.35. The van der Waals surface area contributed by atoms with Gasteiger partial charge in [-0.2, -0.15) is 0 Å². The van der Waals surface area contributed by atoms with Gasteiger partial charge in [-0.05, 0) is 12.5 Å². The van der Waals surface area contributed by atoms with Crippen LogP contribution in [-0.2, 0) is 4.79 Å². The van der Waals surface area contributed by atoms with Gasteiger partial charge in [0, 0.05) is 25.1 Å². The third-order valence-electron chi connectivity index (χ3n) is 3.03. The van der Waals surface area contributed by atoms with Gasteiger partial charge < -0.3 is 15.4 Å². The van der Waals surface area contributed by atoms with Gasteiger partial charge >= 0.3 is 0 Å². The number of rotatable bonds is 4. The molecule has 0 aromatic heterocycles. The summed E-state index contributed by atoms with van der Waals surface area (Å²) in [6, 6.07) is 8.12. The number of benzene rings is 1. The van der Waals surface area contributed by atoms with Gasteiger partial charge in [0.1, 0.15) is 12.4 Å². The number of carbonyl (C=O) groups is 1. The summed E-state index contributed by atoms with van der Waals surface area (Å²) in [5.41, 5.74) is 1.12. The van der Waals surface area contributed by atoms with Gasteiger partial charge in [-0.3, -0.25) is 4.79 Å². The Kier molecular flexibility index (Phi) is 4.59. The monoisotopic (exact) mass is 248 g/mol. The molecule has 98 valence electrons. The van der Waals surface area contributed by atoms with Gasteiger partial charge in [0.05, 0.1) is 6.04 Å². The standard InChI is InChI=1S/C14H20N2O2/c1-2-5-14(17)16-10-12-11-6-3-4-7-13(11)18-9-8-15-12/h3-4,6-7,12,15H,2,5,8-10H2,1H3,(H,16,17). The third-order valence-corrected chi connectivity index (χ3v) is 3.03. The summed E-state index contributed by atoms with van der Waals surface area (Å²) in [4.78, 5) is 11.5. The first-order chi connectivity index (χ1) is 8.81. The van der Waals surface area contributed by atoms with Crippen LogP contribution in [0.5, 0.6) is 5.75 Å². The Hall–Kier alpha value is -1.55. The van der Waals surface area contributed by atoms with E-state index in [0.29, 0.717) is 19.6 Å². The zero-order chi connectivity index (χ0) is 12.8. The van der Waals surface area contributed by atoms with Gasteiger partial charge in [0.15, 0.2) is 0 Å². The summed E-state index contributed by atoms with van der Waals surface area (Å²) in [6.45, 7) is 4.07. The van der Waals surface area contributed by atoms with Crippen LogP contribution in [0, 0.1) is 0 Å². The summed E-state index contributed by atoms with van der Waals surface area (Å²) < 4.78 is 5.66. The number of hydrogen-bond donors (Lipinski definition) is 2. The Morgan fingerprint density at radius 3 is 3.17 bits per heavy atom. The molecule has 4 heteroatoms. The van der Waals surface area contributed by atoms with Crippen molar-refractivity contribution in [3.8, 4) is 5.75 Å². The molecule has 4 nitrogen and oxygen atoms in total. The summed E-state index contributed by atoms with van der Waals surface area (Å²) in [5.74, 6) is 1.03. The van der Waals surface area contributed by atoms with Crippen LogP contribution in [0.25, 0.3) is 0 Å². The molecule has 0 fully saturated rings. The van der Waals surface area contributed by atoms with Crippen molar-refractivity contribution in [2.24, 2.45) is 0 Å². The van der Waals surface area contributed by atoms with Crippen LogP contribution in [0.3, 0.4) is 0 Å². The topological polar surface area (TPSA) is 50.4 Å². The predicted octanol–water partition coefficient (Wildman–Crippen LogP) is 1.63. The van der Waals surface area contributed by atoms with Crippen molar-refractivity contribution in [3.05, 3.63) is 29.8 Å². The zero-order valence-corrected chi connectivity index (χ0v) is 10.7. The number of hydrogen-bond acceptors (Lipinski definition) is 3. The highest BCUT2D eigenvalue weighted by molar-refractivity contribution is 5.75. The molecule has 1 aliphatic heterocycles. The van der Waals surface area contributed by atoms with Crippen molar-refractivity contribution >= 4 is 5.91 Å². The molecule has 1 aromatic carbocycles. The molecular weight excluding hydrogens is 228 g/mol. The van der Waals surface area contributed by atoms with E-state index in [-0.39, 0.29) is 11.9 Å². The first-order valence-electron chi connectivity index (χ1n) is 6.53. The van der Waals surface area contributed by atoms with E-state index in [1.165, 1.54) is 0 Å². The molecule has 1 heterocycles. The van der Waals surface area contributed by atoms with Crippen LogP contribution in [0.15, 0.2) is 24.3 Å². The maximum Gasteiger partial charge on any atom is 0.220 e. The molecule has 0 radical (unpaired) electrons. The highest BCUT2D eigenvalue weighted by Crippen LogP contribution is 2.26. The second-order valence-electron chi connectivity index (χ2n) is 4.45. The lowest BCUT2D eigenvalue weighted by atomic mass is 10.1. The molecule has 0 saturated carbocycles. The van der Waals surface area contributed by atoms with E-state index in [2.05, 4.69) is 10.6 Å². The van der Waals surface area contributed by atoms with E-state index in [9.17, 15) is 4.79 Å². The molecule has 0 spiro atoms. The molecule has 1 aromatic rings. The van der Waals surface area contributed by atoms with E-state index >= 15 is 0 Å². The number of nitrogens with one attached hydrogen (secondary N) is 2. The average Bonchev–Trinajstić information content (AvgIpc) is 2.59. The molecule has 18 heavy (non-hydrogen) atoms. The van der Waals surface area contributed by atoms with Crippen molar-refractivity contribution in [2.75, 3.05) is 19.7 Å². The molecule has 1 atom stereocenters. The number of carbonyl (C=O) groups excluding carboxylic acids is 1. The lowest BCUT2D eigenvalue weighted by molar-refractivity contribution is -0.121. The molecular formula is C14H20N2O2. The van der Waals surface area contributed by atoms with Crippen LogP contribution in [0.1, 0.15) is 31.4 Å². The SMILES string of the molecule is CCCC(=O)NCC1NCCOc2ccccc21. The second kappa shape index (κ2) is 6.40. The summed E-state index contributed by atoms with van der Waals surface area (Å²) in [6.07, 6.45) is 1.47. The molecule has 1 unspecified atom stereocenters. The Morgan fingerprint density at radius 2 is 2.33 bits per heavy atom. The minimum atomic E-state index is 0.113. The summed E-state index contributed by atoms with van der Waals surface area (Å²) in [7, 11) is 0. The van der Waals surface area contributed by atoms with Crippen molar-refractivity contribution in [1.82, 2.24) is 10.6 Å². The molecule has 0 aliphatic carbocycles. The maximum absolute atomic E-state index is 11.5. The summed E-state index contributed by atoms with van der Waals surface area (Å²) >= 11 is 0. The number of fused-ring (bicyclic) bond motifs is 1. The highest BCUT2D eigenvalue weighted by atomic mass is 16.5. The van der Waals surface area contributed by atoms with Gasteiger partial charge in [-0.1, -0.05) is 25.1 Å². The second-order valence-corrected chi connectivity index (χ2v) is 4.45. The highest BCUT2D eigenvalue weighted by Gasteiger charge is 2.18. The maximum atomic E-state index is 11.5. The van der Waals surface area contributed by atoms with Crippen LogP contribution in [0.4, 0.5) is 0 Å². The summed E-state index contributed by atoms with van der Waals surface area (Å²) in [5, 5.41) is 6.36. The average molecular weight is 248 g/mol. The Bertz CT molecular complexity index is 407. The lowest BCUT2D eigenvalue weighted by Gasteiger charge is -2.18. The molecule has 2 rings (SSSR count). The first kappa shape index (κ1) is 12.9. The van der Waals surface area contributed by atoms with Gasteiger partial charge in [-0.25, -0.2) is 0 Å². The van der Waals surface area contributed by atoms with Crippen molar-refractivity contribution < 1.29 is 9.53 Å². The van der Waals surface area contributed by atoms with Crippen LogP contribution >= 0.6 is 0 Å². The largest absolute Gasteiger partial charge is 0.492 e. The van der Waals surface area contributed by atoms with Crippen molar-refractivity contribution in [2.45, 2.75) is 25.8 Å². The predicted molar refractivity (Wildman–Crippen MR) is 70.6 cm³/mol. The van der Waals surface area contributed by atoms with E-state index in [0.717, 1.165) is 24.3 Å². The molecule has 0 bridgehead atoms. The van der Waals surface area contributed by atoms with E-state index in [4.69, 9.17) is 4.74 Å². The van der Waals surface area contributed by atoms with Crippen LogP contribution in [-0.4, -0.2) is 25.6 Å². The van der Waals surface area contributed by atoms with Crippen LogP contribution < -0.4 is 15.4 Å². The van der Waals surface area contributed by atoms with E-state index in [1.54, 1.807) is 0 Å². The first-order valence-corrected chi connectivity index (χ1v) is 6.53. The Balaban J connectivity index is 2.02. The van der Waals surface area contributed by atoms with Gasteiger partial charge in [0.25, 0.3) is 0 Å². The fourth-order valence-electron chi connectivity index (χ4n) is 2.12. The Morgan fingerprint density at radius 1 is 1.50 bits per heavy atom. The van der Waals surface area contributed by atoms with E-state index < -0.39 is 0 Å². The zero-order valence-electron chi connectivity index (χ0n) is 10.7. The van der Waals surface area contributed by atoms with E-state index in [1.807, 2.05) is 31.2 Å².